The highest BCUT2D eigenvalue weighted by Crippen LogP contribution is 2.37. The molecule has 1 aliphatic carbocycles. The summed E-state index contributed by atoms with van der Waals surface area (Å²) in [5.74, 6) is -3.63. The Bertz CT molecular complexity index is 633. The third-order valence-corrected chi connectivity index (χ3v) is 3.76. The number of aromatic nitrogens is 1. The Balaban J connectivity index is 2.28. The number of benzene rings is 1. The molecule has 0 radical (unpaired) electrons. The SMILES string of the molecule is CCNC1CCCc2[nH]c3cc(F)c(F)c(F)c3c21. The van der Waals surface area contributed by atoms with Gasteiger partial charge in [0.2, 0.25) is 0 Å². The summed E-state index contributed by atoms with van der Waals surface area (Å²) in [5.41, 5.74) is 1.99. The van der Waals surface area contributed by atoms with Crippen molar-refractivity contribution in [3.63, 3.8) is 0 Å². The minimum absolute atomic E-state index is 0.00172. The van der Waals surface area contributed by atoms with E-state index in [4.69, 9.17) is 0 Å². The second-order valence-electron chi connectivity index (χ2n) is 4.93. The number of rotatable bonds is 2. The van der Waals surface area contributed by atoms with E-state index in [1.165, 1.54) is 0 Å². The number of hydrogen-bond acceptors (Lipinski definition) is 1. The summed E-state index contributed by atoms with van der Waals surface area (Å²) in [6.07, 6.45) is 2.64. The minimum Gasteiger partial charge on any atom is -0.358 e. The van der Waals surface area contributed by atoms with Crippen LogP contribution >= 0.6 is 0 Å². The molecule has 0 fully saturated rings. The number of H-pyrrole nitrogens is 1. The molecule has 1 heterocycles. The van der Waals surface area contributed by atoms with Crippen LogP contribution in [0.15, 0.2) is 6.07 Å². The maximum atomic E-state index is 14.0. The minimum atomic E-state index is -1.39. The largest absolute Gasteiger partial charge is 0.358 e. The molecule has 102 valence electrons. The molecule has 1 atom stereocenters. The lowest BCUT2D eigenvalue weighted by atomic mass is 9.90. The van der Waals surface area contributed by atoms with Crippen LogP contribution in [0.1, 0.15) is 37.1 Å². The maximum absolute atomic E-state index is 14.0. The predicted octanol–water partition coefficient (Wildman–Crippen LogP) is 3.57. The lowest BCUT2D eigenvalue weighted by molar-refractivity contribution is 0.449. The standard InChI is InChI=1S/C14H15F3N2/c1-2-18-8-4-3-5-9-11(8)12-10(19-9)6-7(15)13(16)14(12)17/h6,8,18-19H,2-5H2,1H3. The molecular weight excluding hydrogens is 253 g/mol. The van der Waals surface area contributed by atoms with Gasteiger partial charge in [0.1, 0.15) is 0 Å². The first-order valence-electron chi connectivity index (χ1n) is 6.54. The molecule has 1 unspecified atom stereocenters. The molecule has 1 aliphatic rings. The fourth-order valence-electron chi connectivity index (χ4n) is 3.00. The van der Waals surface area contributed by atoms with Crippen molar-refractivity contribution in [1.82, 2.24) is 10.3 Å². The summed E-state index contributed by atoms with van der Waals surface area (Å²) >= 11 is 0. The van der Waals surface area contributed by atoms with Crippen molar-refractivity contribution in [2.75, 3.05) is 6.54 Å². The summed E-state index contributed by atoms with van der Waals surface area (Å²) in [6, 6.07) is 1.04. The highest BCUT2D eigenvalue weighted by Gasteiger charge is 2.28. The monoisotopic (exact) mass is 268 g/mol. The van der Waals surface area contributed by atoms with E-state index in [9.17, 15) is 13.2 Å². The predicted molar refractivity (Wildman–Crippen MR) is 67.5 cm³/mol. The van der Waals surface area contributed by atoms with Gasteiger partial charge >= 0.3 is 0 Å². The molecule has 3 rings (SSSR count). The summed E-state index contributed by atoms with van der Waals surface area (Å²) in [5, 5.41) is 3.47. The van der Waals surface area contributed by atoms with E-state index in [0.29, 0.717) is 5.52 Å². The zero-order valence-electron chi connectivity index (χ0n) is 10.6. The van der Waals surface area contributed by atoms with Gasteiger partial charge < -0.3 is 10.3 Å². The van der Waals surface area contributed by atoms with Crippen LogP contribution < -0.4 is 5.32 Å². The quantitative estimate of drug-likeness (QED) is 0.801. The van der Waals surface area contributed by atoms with Crippen molar-refractivity contribution in [3.8, 4) is 0 Å². The molecule has 5 heteroatoms. The van der Waals surface area contributed by atoms with Crippen molar-refractivity contribution < 1.29 is 13.2 Å². The van der Waals surface area contributed by atoms with Crippen LogP contribution in [0.25, 0.3) is 10.9 Å². The number of fused-ring (bicyclic) bond motifs is 3. The van der Waals surface area contributed by atoms with Crippen LogP contribution in [-0.4, -0.2) is 11.5 Å². The maximum Gasteiger partial charge on any atom is 0.195 e. The van der Waals surface area contributed by atoms with E-state index < -0.39 is 17.5 Å². The van der Waals surface area contributed by atoms with Gasteiger partial charge in [0.05, 0.1) is 5.52 Å². The van der Waals surface area contributed by atoms with Crippen LogP contribution in [-0.2, 0) is 6.42 Å². The van der Waals surface area contributed by atoms with Gasteiger partial charge in [-0.25, -0.2) is 13.2 Å². The Hall–Kier alpha value is -1.49. The van der Waals surface area contributed by atoms with Crippen LogP contribution in [0.5, 0.6) is 0 Å². The fourth-order valence-corrected chi connectivity index (χ4v) is 3.00. The molecule has 0 saturated carbocycles. The van der Waals surface area contributed by atoms with Crippen LogP contribution in [0.2, 0.25) is 0 Å². The normalized spacial score (nSPS) is 18.8. The zero-order chi connectivity index (χ0) is 13.6. The number of hydrogen-bond donors (Lipinski definition) is 2. The molecule has 0 bridgehead atoms. The number of halogens is 3. The summed E-state index contributed by atoms with van der Waals surface area (Å²) in [6.45, 7) is 2.72. The van der Waals surface area contributed by atoms with Gasteiger partial charge in [0.25, 0.3) is 0 Å². The van der Waals surface area contributed by atoms with E-state index in [1.54, 1.807) is 0 Å². The Morgan fingerprint density at radius 3 is 2.84 bits per heavy atom. The smallest absolute Gasteiger partial charge is 0.195 e. The number of aryl methyl sites for hydroxylation is 1. The van der Waals surface area contributed by atoms with Gasteiger partial charge in [0.15, 0.2) is 17.5 Å². The van der Waals surface area contributed by atoms with Gasteiger partial charge in [-0.15, -0.1) is 0 Å². The lowest BCUT2D eigenvalue weighted by Crippen LogP contribution is -2.24. The van der Waals surface area contributed by atoms with Gasteiger partial charge in [-0.1, -0.05) is 6.92 Å². The van der Waals surface area contributed by atoms with Crippen molar-refractivity contribution in [2.24, 2.45) is 0 Å². The van der Waals surface area contributed by atoms with Crippen molar-refractivity contribution >= 4 is 10.9 Å². The summed E-state index contributed by atoms with van der Waals surface area (Å²) < 4.78 is 40.7. The molecule has 0 aliphatic heterocycles. The molecule has 2 nitrogen and oxygen atoms in total. The molecule has 19 heavy (non-hydrogen) atoms. The average Bonchev–Trinajstić information content (AvgIpc) is 2.75. The Labute approximate surface area is 109 Å². The lowest BCUT2D eigenvalue weighted by Gasteiger charge is -2.23. The van der Waals surface area contributed by atoms with Gasteiger partial charge in [-0.05, 0) is 25.8 Å². The number of nitrogens with one attached hydrogen (secondary N) is 2. The molecule has 0 amide bonds. The van der Waals surface area contributed by atoms with Crippen molar-refractivity contribution in [1.29, 1.82) is 0 Å². The van der Waals surface area contributed by atoms with E-state index in [1.807, 2.05) is 6.92 Å². The zero-order valence-corrected chi connectivity index (χ0v) is 10.6. The highest BCUT2D eigenvalue weighted by atomic mass is 19.2. The molecular formula is C14H15F3N2. The van der Waals surface area contributed by atoms with E-state index >= 15 is 0 Å². The van der Waals surface area contributed by atoms with Crippen LogP contribution in [0.4, 0.5) is 13.2 Å². The number of aromatic amines is 1. The second-order valence-corrected chi connectivity index (χ2v) is 4.93. The summed E-state index contributed by atoms with van der Waals surface area (Å²) in [7, 11) is 0. The third kappa shape index (κ3) is 1.84. The average molecular weight is 268 g/mol. The van der Waals surface area contributed by atoms with Crippen molar-refractivity contribution in [2.45, 2.75) is 32.2 Å². The van der Waals surface area contributed by atoms with E-state index in [2.05, 4.69) is 10.3 Å². The van der Waals surface area contributed by atoms with Gasteiger partial charge in [0, 0.05) is 28.8 Å². The first kappa shape index (κ1) is 12.5. The first-order valence-corrected chi connectivity index (χ1v) is 6.54. The van der Waals surface area contributed by atoms with E-state index in [-0.39, 0.29) is 11.4 Å². The highest BCUT2D eigenvalue weighted by molar-refractivity contribution is 5.86. The first-order chi connectivity index (χ1) is 9.13. The molecule has 2 N–H and O–H groups in total. The van der Waals surface area contributed by atoms with Crippen LogP contribution in [0, 0.1) is 17.5 Å². The molecule has 2 aromatic rings. The molecule has 1 aromatic carbocycles. The van der Waals surface area contributed by atoms with Gasteiger partial charge in [-0.2, -0.15) is 0 Å². The molecule has 0 saturated heterocycles. The Morgan fingerprint density at radius 1 is 1.32 bits per heavy atom. The van der Waals surface area contributed by atoms with Gasteiger partial charge in [-0.3, -0.25) is 0 Å². The summed E-state index contributed by atoms with van der Waals surface area (Å²) in [4.78, 5) is 3.03. The third-order valence-electron chi connectivity index (χ3n) is 3.76. The van der Waals surface area contributed by atoms with E-state index in [0.717, 1.165) is 43.1 Å². The Morgan fingerprint density at radius 2 is 2.11 bits per heavy atom. The van der Waals surface area contributed by atoms with Crippen LogP contribution in [0.3, 0.4) is 0 Å². The molecule has 0 spiro atoms. The molecule has 1 aromatic heterocycles. The Kier molecular flexibility index (Phi) is 3.01. The fraction of sp³-hybridized carbons (Fsp3) is 0.429. The van der Waals surface area contributed by atoms with Crippen molar-refractivity contribution in [3.05, 3.63) is 34.8 Å². The topological polar surface area (TPSA) is 27.8 Å². The second kappa shape index (κ2) is 4.56.